The maximum absolute atomic E-state index is 12.4. The maximum atomic E-state index is 12.4. The molecule has 1 aliphatic rings. The molecule has 2 heterocycles. The fraction of sp³-hybridized carbons (Fsp3) is 0.222. The van der Waals surface area contributed by atoms with Crippen LogP contribution in [0.25, 0.3) is 17.4 Å². The van der Waals surface area contributed by atoms with Crippen LogP contribution in [-0.2, 0) is 9.53 Å². The summed E-state index contributed by atoms with van der Waals surface area (Å²) in [5, 5.41) is 0.760. The van der Waals surface area contributed by atoms with Gasteiger partial charge in [-0.05, 0) is 48.5 Å². The standard InChI is InChI=1S/C18H15Cl2NO4S/c1-24-8-2-7-21-17(22)16(26-18(21)23)10-12-4-6-15(25-12)13-9-11(19)3-5-14(13)20/h3-6,9-10H,2,7-8H2,1H3/b16-10+. The zero-order chi connectivity index (χ0) is 18.7. The van der Waals surface area contributed by atoms with Gasteiger partial charge in [0.1, 0.15) is 11.5 Å². The second-order valence-electron chi connectivity index (χ2n) is 5.51. The number of imide groups is 1. The topological polar surface area (TPSA) is 59.8 Å². The van der Waals surface area contributed by atoms with Gasteiger partial charge in [-0.1, -0.05) is 23.2 Å². The Hall–Kier alpha value is -1.73. The zero-order valence-electron chi connectivity index (χ0n) is 13.8. The number of methoxy groups -OCH3 is 1. The van der Waals surface area contributed by atoms with E-state index in [4.69, 9.17) is 32.4 Å². The van der Waals surface area contributed by atoms with Gasteiger partial charge in [0.15, 0.2) is 0 Å². The Kier molecular flexibility index (Phi) is 6.09. The highest BCUT2D eigenvalue weighted by Crippen LogP contribution is 2.35. The van der Waals surface area contributed by atoms with Crippen molar-refractivity contribution in [2.45, 2.75) is 6.42 Å². The first-order chi connectivity index (χ1) is 12.5. The van der Waals surface area contributed by atoms with Crippen molar-refractivity contribution in [3.8, 4) is 11.3 Å². The van der Waals surface area contributed by atoms with E-state index in [0.717, 1.165) is 11.8 Å². The number of rotatable bonds is 6. The molecule has 0 bridgehead atoms. The largest absolute Gasteiger partial charge is 0.457 e. The van der Waals surface area contributed by atoms with Crippen LogP contribution in [0, 0.1) is 0 Å². The summed E-state index contributed by atoms with van der Waals surface area (Å²) in [6, 6.07) is 8.54. The Morgan fingerprint density at radius 1 is 1.23 bits per heavy atom. The van der Waals surface area contributed by atoms with E-state index in [1.165, 1.54) is 4.90 Å². The molecule has 1 aromatic heterocycles. The molecule has 1 saturated heterocycles. The molecule has 0 aliphatic carbocycles. The quantitative estimate of drug-likeness (QED) is 0.474. The first-order valence-corrected chi connectivity index (χ1v) is 9.36. The highest BCUT2D eigenvalue weighted by molar-refractivity contribution is 8.18. The fourth-order valence-corrected chi connectivity index (χ4v) is 3.68. The number of furan rings is 1. The summed E-state index contributed by atoms with van der Waals surface area (Å²) >= 11 is 13.1. The second-order valence-corrected chi connectivity index (χ2v) is 7.34. The average Bonchev–Trinajstić information content (AvgIpc) is 3.17. The van der Waals surface area contributed by atoms with Crippen molar-refractivity contribution in [2.24, 2.45) is 0 Å². The van der Waals surface area contributed by atoms with E-state index in [9.17, 15) is 9.59 Å². The summed E-state index contributed by atoms with van der Waals surface area (Å²) in [6.45, 7) is 0.820. The van der Waals surface area contributed by atoms with Crippen LogP contribution < -0.4 is 0 Å². The molecule has 0 N–H and O–H groups in total. The summed E-state index contributed by atoms with van der Waals surface area (Å²) in [4.78, 5) is 25.9. The van der Waals surface area contributed by atoms with Crippen molar-refractivity contribution in [3.63, 3.8) is 0 Å². The Balaban J connectivity index is 1.79. The molecule has 8 heteroatoms. The van der Waals surface area contributed by atoms with Crippen molar-refractivity contribution >= 4 is 52.2 Å². The molecule has 0 atom stereocenters. The van der Waals surface area contributed by atoms with Crippen LogP contribution in [0.4, 0.5) is 4.79 Å². The van der Waals surface area contributed by atoms with Crippen molar-refractivity contribution in [3.05, 3.63) is 51.0 Å². The van der Waals surface area contributed by atoms with Gasteiger partial charge < -0.3 is 9.15 Å². The number of thioether (sulfide) groups is 1. The van der Waals surface area contributed by atoms with Gasteiger partial charge in [0.25, 0.3) is 11.1 Å². The number of hydrogen-bond acceptors (Lipinski definition) is 5. The van der Waals surface area contributed by atoms with Crippen molar-refractivity contribution in [1.29, 1.82) is 0 Å². The molecule has 0 unspecified atom stereocenters. The minimum absolute atomic E-state index is 0.290. The molecule has 2 aromatic rings. The minimum Gasteiger partial charge on any atom is -0.457 e. The molecule has 3 rings (SSSR count). The molecule has 0 saturated carbocycles. The van der Waals surface area contributed by atoms with Crippen LogP contribution in [-0.4, -0.2) is 36.3 Å². The number of carbonyl (C=O) groups excluding carboxylic acids is 2. The molecule has 5 nitrogen and oxygen atoms in total. The van der Waals surface area contributed by atoms with Gasteiger partial charge in [-0.25, -0.2) is 0 Å². The van der Waals surface area contributed by atoms with Crippen molar-refractivity contribution in [2.75, 3.05) is 20.3 Å². The van der Waals surface area contributed by atoms with Gasteiger partial charge in [-0.15, -0.1) is 0 Å². The van der Waals surface area contributed by atoms with E-state index >= 15 is 0 Å². The smallest absolute Gasteiger partial charge is 0.293 e. The van der Waals surface area contributed by atoms with Crippen LogP contribution in [0.3, 0.4) is 0 Å². The Labute approximate surface area is 164 Å². The highest BCUT2D eigenvalue weighted by Gasteiger charge is 2.34. The first kappa shape index (κ1) is 19.0. The number of ether oxygens (including phenoxy) is 1. The molecule has 1 fully saturated rings. The molecular formula is C18H15Cl2NO4S. The van der Waals surface area contributed by atoms with E-state index in [-0.39, 0.29) is 11.1 Å². The van der Waals surface area contributed by atoms with E-state index in [0.29, 0.717) is 51.6 Å². The van der Waals surface area contributed by atoms with Crippen molar-refractivity contribution < 1.29 is 18.7 Å². The fourth-order valence-electron chi connectivity index (χ4n) is 2.45. The third-order valence-corrected chi connectivity index (χ3v) is 5.17. The normalized spacial score (nSPS) is 16.1. The Morgan fingerprint density at radius 2 is 2.04 bits per heavy atom. The van der Waals surface area contributed by atoms with Gasteiger partial charge >= 0.3 is 0 Å². The summed E-state index contributed by atoms with van der Waals surface area (Å²) in [5.74, 6) is 0.663. The summed E-state index contributed by atoms with van der Waals surface area (Å²) in [6.07, 6.45) is 2.16. The molecule has 136 valence electrons. The molecule has 1 aliphatic heterocycles. The van der Waals surface area contributed by atoms with Gasteiger partial charge in [0.05, 0.1) is 9.93 Å². The zero-order valence-corrected chi connectivity index (χ0v) is 16.2. The lowest BCUT2D eigenvalue weighted by Gasteiger charge is -2.11. The number of benzene rings is 1. The average molecular weight is 412 g/mol. The van der Waals surface area contributed by atoms with Gasteiger partial charge in [-0.3, -0.25) is 14.5 Å². The third-order valence-electron chi connectivity index (χ3n) is 3.70. The molecule has 0 spiro atoms. The predicted molar refractivity (Wildman–Crippen MR) is 103 cm³/mol. The number of amides is 2. The van der Waals surface area contributed by atoms with Crippen LogP contribution in [0.15, 0.2) is 39.7 Å². The van der Waals surface area contributed by atoms with E-state index in [1.54, 1.807) is 43.5 Å². The molecule has 0 radical (unpaired) electrons. The molecule has 2 amide bonds. The first-order valence-electron chi connectivity index (χ1n) is 7.79. The third kappa shape index (κ3) is 4.15. The monoisotopic (exact) mass is 411 g/mol. The number of halogens is 2. The van der Waals surface area contributed by atoms with Crippen LogP contribution in [0.2, 0.25) is 10.0 Å². The lowest BCUT2D eigenvalue weighted by atomic mass is 10.2. The van der Waals surface area contributed by atoms with Crippen molar-refractivity contribution in [1.82, 2.24) is 4.90 Å². The number of nitrogens with zero attached hydrogens (tertiary/aromatic N) is 1. The Morgan fingerprint density at radius 3 is 2.81 bits per heavy atom. The van der Waals surface area contributed by atoms with Crippen LogP contribution in [0.1, 0.15) is 12.2 Å². The minimum atomic E-state index is -0.324. The van der Waals surface area contributed by atoms with E-state index in [1.807, 2.05) is 0 Å². The molecule has 1 aromatic carbocycles. The Bertz CT molecular complexity index is 878. The summed E-state index contributed by atoms with van der Waals surface area (Å²) in [5.41, 5.74) is 0.659. The number of hydrogen-bond donors (Lipinski definition) is 0. The van der Waals surface area contributed by atoms with E-state index < -0.39 is 0 Å². The van der Waals surface area contributed by atoms with Gasteiger partial charge in [0, 0.05) is 36.9 Å². The van der Waals surface area contributed by atoms with Gasteiger partial charge in [-0.2, -0.15) is 0 Å². The summed E-state index contributed by atoms with van der Waals surface area (Å²) in [7, 11) is 1.58. The lowest BCUT2D eigenvalue weighted by Crippen LogP contribution is -2.29. The van der Waals surface area contributed by atoms with Gasteiger partial charge in [0.2, 0.25) is 0 Å². The molecular weight excluding hydrogens is 397 g/mol. The van der Waals surface area contributed by atoms with E-state index in [2.05, 4.69) is 0 Å². The van der Waals surface area contributed by atoms with Crippen LogP contribution >= 0.6 is 35.0 Å². The number of carbonyl (C=O) groups is 2. The summed E-state index contributed by atoms with van der Waals surface area (Å²) < 4.78 is 10.7. The maximum Gasteiger partial charge on any atom is 0.293 e. The van der Waals surface area contributed by atoms with Crippen LogP contribution in [0.5, 0.6) is 0 Å². The predicted octanol–water partition coefficient (Wildman–Crippen LogP) is 5.33. The SMILES string of the molecule is COCCCN1C(=O)S/C(=C/c2ccc(-c3cc(Cl)ccc3Cl)o2)C1=O. The highest BCUT2D eigenvalue weighted by atomic mass is 35.5. The molecule has 26 heavy (non-hydrogen) atoms. The lowest BCUT2D eigenvalue weighted by molar-refractivity contribution is -0.122. The second kappa shape index (κ2) is 8.31.